The molecule has 5 heteroatoms. The first kappa shape index (κ1) is 21.7. The maximum absolute atomic E-state index is 11.9. The summed E-state index contributed by atoms with van der Waals surface area (Å²) in [5, 5.41) is 0. The van der Waals surface area contributed by atoms with E-state index in [1.165, 1.54) is 0 Å². The van der Waals surface area contributed by atoms with Gasteiger partial charge in [0.25, 0.3) is 0 Å². The van der Waals surface area contributed by atoms with Gasteiger partial charge in [-0.25, -0.2) is 4.79 Å². The fourth-order valence-corrected chi connectivity index (χ4v) is 2.46. The second-order valence-corrected chi connectivity index (χ2v) is 5.86. The Bertz CT molecular complexity index is 441. The topological polar surface area (TPSA) is 55.6 Å². The highest BCUT2D eigenvalue weighted by molar-refractivity contribution is 5.89. The molecule has 0 aliphatic carbocycles. The van der Waals surface area contributed by atoms with Crippen molar-refractivity contribution in [2.45, 2.75) is 59.0 Å². The maximum Gasteiger partial charge on any atom is 0.338 e. The van der Waals surface area contributed by atoms with Gasteiger partial charge in [-0.15, -0.1) is 12.4 Å². The molecular formula is C18H31ClN2O2. The van der Waals surface area contributed by atoms with Gasteiger partial charge in [0.05, 0.1) is 12.2 Å². The van der Waals surface area contributed by atoms with Gasteiger partial charge in [-0.1, -0.05) is 13.8 Å². The van der Waals surface area contributed by atoms with Gasteiger partial charge in [-0.2, -0.15) is 0 Å². The first-order valence-corrected chi connectivity index (χ1v) is 8.28. The van der Waals surface area contributed by atoms with E-state index in [0.29, 0.717) is 29.9 Å². The van der Waals surface area contributed by atoms with Crippen molar-refractivity contribution < 1.29 is 9.53 Å². The largest absolute Gasteiger partial charge is 0.462 e. The van der Waals surface area contributed by atoms with Crippen LogP contribution in [0.2, 0.25) is 0 Å². The van der Waals surface area contributed by atoms with Crippen LogP contribution in [-0.2, 0) is 4.74 Å². The van der Waals surface area contributed by atoms with E-state index >= 15 is 0 Å². The third kappa shape index (κ3) is 7.23. The number of carbonyl (C=O) groups is 1. The second kappa shape index (κ2) is 11.3. The smallest absolute Gasteiger partial charge is 0.338 e. The number of benzene rings is 1. The molecule has 0 fully saturated rings. The number of hydrogen-bond acceptors (Lipinski definition) is 4. The third-order valence-electron chi connectivity index (χ3n) is 4.25. The van der Waals surface area contributed by atoms with Crippen molar-refractivity contribution in [3.63, 3.8) is 0 Å². The average Bonchev–Trinajstić information content (AvgIpc) is 2.54. The molecule has 0 radical (unpaired) electrons. The van der Waals surface area contributed by atoms with Crippen LogP contribution >= 0.6 is 12.4 Å². The summed E-state index contributed by atoms with van der Waals surface area (Å²) in [4.78, 5) is 14.4. The lowest BCUT2D eigenvalue weighted by Gasteiger charge is -2.33. The van der Waals surface area contributed by atoms with Crippen LogP contribution in [0.25, 0.3) is 0 Å². The fraction of sp³-hybridized carbons (Fsp3) is 0.611. The predicted octanol–water partition coefficient (Wildman–Crippen LogP) is 4.14. The van der Waals surface area contributed by atoms with Crippen LogP contribution in [0.4, 0.5) is 5.69 Å². The maximum atomic E-state index is 11.9. The van der Waals surface area contributed by atoms with E-state index in [1.807, 2.05) is 0 Å². The predicted molar refractivity (Wildman–Crippen MR) is 99.2 cm³/mol. The fourth-order valence-electron chi connectivity index (χ4n) is 2.46. The second-order valence-electron chi connectivity index (χ2n) is 5.86. The van der Waals surface area contributed by atoms with Crippen LogP contribution in [0.5, 0.6) is 0 Å². The molecule has 0 saturated carbocycles. The molecule has 1 aromatic rings. The Morgan fingerprint density at radius 1 is 1.13 bits per heavy atom. The molecule has 2 N–H and O–H groups in total. The highest BCUT2D eigenvalue weighted by Crippen LogP contribution is 2.12. The Morgan fingerprint density at radius 2 is 1.65 bits per heavy atom. The standard InChI is InChI=1S/C18H30N2O2.ClH/c1-5-14(3)20(15(4)6-2)12-7-13-22-18(21)16-8-10-17(19)11-9-16;/h8-11,14-15H,5-7,12-13,19H2,1-4H3;1H. The number of anilines is 1. The van der Waals surface area contributed by atoms with Gasteiger partial charge >= 0.3 is 5.97 Å². The van der Waals surface area contributed by atoms with Crippen molar-refractivity contribution in [2.24, 2.45) is 0 Å². The first-order valence-electron chi connectivity index (χ1n) is 8.28. The SMILES string of the molecule is CCC(C)N(CCCOC(=O)c1ccc(N)cc1)C(C)CC.Cl. The Balaban J connectivity index is 0.00000484. The number of carbonyl (C=O) groups excluding carboxylic acids is 1. The van der Waals surface area contributed by atoms with Crippen LogP contribution in [0.1, 0.15) is 57.3 Å². The van der Waals surface area contributed by atoms with E-state index in [0.717, 1.165) is 25.8 Å². The average molecular weight is 343 g/mol. The summed E-state index contributed by atoms with van der Waals surface area (Å²) in [6.45, 7) is 10.3. The lowest BCUT2D eigenvalue weighted by Crippen LogP contribution is -2.40. The van der Waals surface area contributed by atoms with Crippen LogP contribution < -0.4 is 5.73 Å². The van der Waals surface area contributed by atoms with Crippen LogP contribution in [0.3, 0.4) is 0 Å². The lowest BCUT2D eigenvalue weighted by atomic mass is 10.1. The molecule has 0 amide bonds. The number of rotatable bonds is 9. The number of hydrogen-bond donors (Lipinski definition) is 1. The Morgan fingerprint density at radius 3 is 2.13 bits per heavy atom. The summed E-state index contributed by atoms with van der Waals surface area (Å²) in [5.74, 6) is -0.279. The van der Waals surface area contributed by atoms with E-state index in [9.17, 15) is 4.79 Å². The van der Waals surface area contributed by atoms with Crippen molar-refractivity contribution in [1.82, 2.24) is 4.90 Å². The first-order chi connectivity index (χ1) is 10.5. The summed E-state index contributed by atoms with van der Waals surface area (Å²) in [6.07, 6.45) is 3.13. The van der Waals surface area contributed by atoms with Crippen molar-refractivity contribution in [3.05, 3.63) is 29.8 Å². The number of nitrogens with zero attached hydrogens (tertiary/aromatic N) is 1. The molecule has 1 aromatic carbocycles. The van der Waals surface area contributed by atoms with Gasteiger partial charge in [-0.05, 0) is 57.4 Å². The minimum atomic E-state index is -0.279. The van der Waals surface area contributed by atoms with Gasteiger partial charge < -0.3 is 10.5 Å². The summed E-state index contributed by atoms with van der Waals surface area (Å²) in [6, 6.07) is 7.93. The zero-order valence-corrected chi connectivity index (χ0v) is 15.6. The van der Waals surface area contributed by atoms with Crippen LogP contribution in [-0.4, -0.2) is 36.1 Å². The number of halogens is 1. The molecule has 1 rings (SSSR count). The highest BCUT2D eigenvalue weighted by Gasteiger charge is 2.17. The van der Waals surface area contributed by atoms with Crippen molar-refractivity contribution >= 4 is 24.1 Å². The molecule has 0 aliphatic heterocycles. The number of nitrogen functional groups attached to an aromatic ring is 1. The van der Waals surface area contributed by atoms with Gasteiger partial charge in [0.2, 0.25) is 0 Å². The van der Waals surface area contributed by atoms with E-state index in [-0.39, 0.29) is 18.4 Å². The highest BCUT2D eigenvalue weighted by atomic mass is 35.5. The molecule has 0 saturated heterocycles. The third-order valence-corrected chi connectivity index (χ3v) is 4.25. The van der Waals surface area contributed by atoms with E-state index in [4.69, 9.17) is 10.5 Å². The van der Waals surface area contributed by atoms with Crippen LogP contribution in [0, 0.1) is 0 Å². The zero-order chi connectivity index (χ0) is 16.5. The minimum Gasteiger partial charge on any atom is -0.462 e. The van der Waals surface area contributed by atoms with E-state index in [2.05, 4.69) is 32.6 Å². The number of ether oxygens (including phenoxy) is 1. The molecule has 4 nitrogen and oxygen atoms in total. The molecule has 2 atom stereocenters. The van der Waals surface area contributed by atoms with Gasteiger partial charge in [0.1, 0.15) is 0 Å². The van der Waals surface area contributed by atoms with Gasteiger partial charge in [-0.3, -0.25) is 4.90 Å². The Kier molecular flexibility index (Phi) is 10.7. The summed E-state index contributed by atoms with van der Waals surface area (Å²) >= 11 is 0. The molecule has 132 valence electrons. The molecule has 0 heterocycles. The normalized spacial score (nSPS) is 13.3. The number of nitrogens with two attached hydrogens (primary N) is 1. The van der Waals surface area contributed by atoms with Crippen molar-refractivity contribution in [1.29, 1.82) is 0 Å². The molecule has 0 aromatic heterocycles. The Hall–Kier alpha value is -1.26. The summed E-state index contributed by atoms with van der Waals surface area (Å²) in [7, 11) is 0. The summed E-state index contributed by atoms with van der Waals surface area (Å²) in [5.41, 5.74) is 6.81. The summed E-state index contributed by atoms with van der Waals surface area (Å²) < 4.78 is 5.34. The minimum absolute atomic E-state index is 0. The van der Waals surface area contributed by atoms with Gasteiger partial charge in [0.15, 0.2) is 0 Å². The molecule has 0 bridgehead atoms. The van der Waals surface area contributed by atoms with Crippen molar-refractivity contribution in [3.8, 4) is 0 Å². The zero-order valence-electron chi connectivity index (χ0n) is 14.7. The Labute approximate surface area is 146 Å². The molecule has 0 aliphatic rings. The van der Waals surface area contributed by atoms with Crippen molar-refractivity contribution in [2.75, 3.05) is 18.9 Å². The molecular weight excluding hydrogens is 312 g/mol. The monoisotopic (exact) mass is 342 g/mol. The van der Waals surface area contributed by atoms with Gasteiger partial charge in [0, 0.05) is 24.3 Å². The van der Waals surface area contributed by atoms with E-state index < -0.39 is 0 Å². The number of esters is 1. The van der Waals surface area contributed by atoms with E-state index in [1.54, 1.807) is 24.3 Å². The quantitative estimate of drug-likeness (QED) is 0.416. The molecule has 0 spiro atoms. The lowest BCUT2D eigenvalue weighted by molar-refractivity contribution is 0.0470. The molecule has 2 unspecified atom stereocenters. The van der Waals surface area contributed by atoms with Crippen LogP contribution in [0.15, 0.2) is 24.3 Å². The molecule has 23 heavy (non-hydrogen) atoms.